The lowest BCUT2D eigenvalue weighted by Gasteiger charge is -2.35. The number of nitrogens with zero attached hydrogens (tertiary/aromatic N) is 5. The molecule has 0 saturated carbocycles. The van der Waals surface area contributed by atoms with Crippen LogP contribution in [0.4, 0.5) is 11.6 Å². The number of benzene rings is 2. The van der Waals surface area contributed by atoms with E-state index in [-0.39, 0.29) is 18.5 Å². The molecular formula is C21H24ClN7O. The first-order valence-electron chi connectivity index (χ1n) is 9.79. The van der Waals surface area contributed by atoms with E-state index in [1.54, 1.807) is 6.07 Å². The molecule has 1 fully saturated rings. The third kappa shape index (κ3) is 4.46. The predicted molar refractivity (Wildman–Crippen MR) is 121 cm³/mol. The highest BCUT2D eigenvalue weighted by Crippen LogP contribution is 2.31. The molecular weight excluding hydrogens is 402 g/mol. The van der Waals surface area contributed by atoms with Crippen LogP contribution in [0.25, 0.3) is 22.2 Å². The van der Waals surface area contributed by atoms with E-state index in [0.29, 0.717) is 10.5 Å². The number of fused-ring (bicyclic) bond motifs is 1. The molecule has 2 aromatic carbocycles. The van der Waals surface area contributed by atoms with Gasteiger partial charge in [0.2, 0.25) is 0 Å². The van der Waals surface area contributed by atoms with Crippen LogP contribution in [0.3, 0.4) is 0 Å². The van der Waals surface area contributed by atoms with Crippen molar-refractivity contribution in [2.45, 2.75) is 0 Å². The van der Waals surface area contributed by atoms with Crippen LogP contribution in [-0.4, -0.2) is 65.3 Å². The van der Waals surface area contributed by atoms with Crippen LogP contribution in [0.1, 0.15) is 0 Å². The van der Waals surface area contributed by atoms with E-state index < -0.39 is 0 Å². The lowest BCUT2D eigenvalue weighted by atomic mass is 10.1. The van der Waals surface area contributed by atoms with Crippen molar-refractivity contribution in [3.63, 3.8) is 0 Å². The van der Waals surface area contributed by atoms with Gasteiger partial charge in [-0.05, 0) is 30.3 Å². The number of β-amino-alcohol motifs (C(OH)–C–C–N with tert-alkyl or cyclic N) is 1. The SMILES string of the molecule is NC(N)=Nc1nc(-c2ccc(N3CCN(CCO)CC3)cc2)c2cc(Cl)ccc2n1. The van der Waals surface area contributed by atoms with Gasteiger partial charge in [0.1, 0.15) is 0 Å². The Morgan fingerprint density at radius 2 is 1.77 bits per heavy atom. The van der Waals surface area contributed by atoms with Crippen LogP contribution < -0.4 is 16.4 Å². The first kappa shape index (κ1) is 20.3. The second kappa shape index (κ2) is 8.83. The van der Waals surface area contributed by atoms with Crippen molar-refractivity contribution in [2.24, 2.45) is 16.5 Å². The Hall–Kier alpha value is -2.94. The zero-order chi connectivity index (χ0) is 21.1. The summed E-state index contributed by atoms with van der Waals surface area (Å²) >= 11 is 6.21. The number of halogens is 1. The molecule has 0 radical (unpaired) electrons. The molecule has 2 heterocycles. The fraction of sp³-hybridized carbons (Fsp3) is 0.286. The van der Waals surface area contributed by atoms with E-state index in [9.17, 15) is 0 Å². The minimum absolute atomic E-state index is 0.0926. The predicted octanol–water partition coefficient (Wildman–Crippen LogP) is 1.97. The number of aliphatic hydroxyl groups is 1. The average molecular weight is 426 g/mol. The first-order chi connectivity index (χ1) is 14.5. The highest BCUT2D eigenvalue weighted by molar-refractivity contribution is 6.31. The van der Waals surface area contributed by atoms with Gasteiger partial charge in [0.05, 0.1) is 17.8 Å². The van der Waals surface area contributed by atoms with Crippen LogP contribution in [0.5, 0.6) is 0 Å². The minimum atomic E-state index is -0.0926. The molecule has 0 bridgehead atoms. The normalized spacial score (nSPS) is 14.8. The molecule has 0 atom stereocenters. The Morgan fingerprint density at radius 1 is 1.03 bits per heavy atom. The van der Waals surface area contributed by atoms with Crippen LogP contribution in [0.2, 0.25) is 5.02 Å². The molecule has 9 heteroatoms. The number of hydrogen-bond donors (Lipinski definition) is 3. The average Bonchev–Trinajstić information content (AvgIpc) is 2.74. The summed E-state index contributed by atoms with van der Waals surface area (Å²) in [5.74, 6) is 0.119. The maximum Gasteiger partial charge on any atom is 0.253 e. The lowest BCUT2D eigenvalue weighted by molar-refractivity contribution is 0.189. The number of aliphatic imine (C=N–C) groups is 1. The summed E-state index contributed by atoms with van der Waals surface area (Å²) in [5, 5.41) is 10.6. The van der Waals surface area contributed by atoms with Crippen molar-refractivity contribution in [3.8, 4) is 11.3 Å². The Kier molecular flexibility index (Phi) is 5.98. The number of anilines is 1. The summed E-state index contributed by atoms with van der Waals surface area (Å²) < 4.78 is 0. The number of rotatable bonds is 5. The largest absolute Gasteiger partial charge is 0.395 e. The molecule has 1 saturated heterocycles. The Morgan fingerprint density at radius 3 is 2.43 bits per heavy atom. The van der Waals surface area contributed by atoms with Crippen LogP contribution in [0.15, 0.2) is 47.5 Å². The minimum Gasteiger partial charge on any atom is -0.395 e. The molecule has 1 aliphatic heterocycles. The van der Waals surface area contributed by atoms with Crippen LogP contribution in [-0.2, 0) is 0 Å². The van der Waals surface area contributed by atoms with Gasteiger partial charge in [0, 0.05) is 54.4 Å². The molecule has 156 valence electrons. The third-order valence-corrected chi connectivity index (χ3v) is 5.40. The van der Waals surface area contributed by atoms with Gasteiger partial charge in [-0.25, -0.2) is 9.97 Å². The van der Waals surface area contributed by atoms with E-state index in [1.807, 2.05) is 24.3 Å². The van der Waals surface area contributed by atoms with Gasteiger partial charge < -0.3 is 21.5 Å². The fourth-order valence-corrected chi connectivity index (χ4v) is 3.85. The van der Waals surface area contributed by atoms with Gasteiger partial charge in [0.25, 0.3) is 5.95 Å². The number of guanidine groups is 1. The maximum atomic E-state index is 9.10. The van der Waals surface area contributed by atoms with Crippen molar-refractivity contribution in [1.29, 1.82) is 0 Å². The van der Waals surface area contributed by atoms with Crippen LogP contribution >= 0.6 is 11.6 Å². The smallest absolute Gasteiger partial charge is 0.253 e. The zero-order valence-corrected chi connectivity index (χ0v) is 17.3. The number of aromatic nitrogens is 2. The fourth-order valence-electron chi connectivity index (χ4n) is 3.68. The monoisotopic (exact) mass is 425 g/mol. The van der Waals surface area contributed by atoms with E-state index in [0.717, 1.165) is 55.1 Å². The number of nitrogens with two attached hydrogens (primary N) is 2. The number of piperazine rings is 1. The second-order valence-electron chi connectivity index (χ2n) is 7.17. The molecule has 0 aliphatic carbocycles. The quantitative estimate of drug-likeness (QED) is 0.422. The van der Waals surface area contributed by atoms with Crippen molar-refractivity contribution in [3.05, 3.63) is 47.5 Å². The van der Waals surface area contributed by atoms with E-state index in [2.05, 4.69) is 36.9 Å². The standard InChI is InChI=1S/C21H24ClN7O/c22-15-3-6-18-17(13-15)19(26-21(25-18)27-20(23)24)14-1-4-16(5-2-14)29-9-7-28(8-10-29)11-12-30/h1-6,13,30H,7-12H2,(H4,23,24,25,26,27). The van der Waals surface area contributed by atoms with Gasteiger partial charge in [-0.1, -0.05) is 23.7 Å². The molecule has 5 N–H and O–H groups in total. The van der Waals surface area contributed by atoms with Crippen LogP contribution in [0, 0.1) is 0 Å². The molecule has 3 aromatic rings. The summed E-state index contributed by atoms with van der Waals surface area (Å²) in [7, 11) is 0. The van der Waals surface area contributed by atoms with E-state index in [1.165, 1.54) is 0 Å². The maximum absolute atomic E-state index is 9.10. The highest BCUT2D eigenvalue weighted by Gasteiger charge is 2.17. The molecule has 1 aliphatic rings. The number of hydrogen-bond acceptors (Lipinski definition) is 6. The highest BCUT2D eigenvalue weighted by atomic mass is 35.5. The lowest BCUT2D eigenvalue weighted by Crippen LogP contribution is -2.47. The second-order valence-corrected chi connectivity index (χ2v) is 7.61. The summed E-state index contributed by atoms with van der Waals surface area (Å²) in [6.07, 6.45) is 0. The summed E-state index contributed by atoms with van der Waals surface area (Å²) in [6.45, 7) is 4.68. The van der Waals surface area contributed by atoms with Crippen molar-refractivity contribution in [1.82, 2.24) is 14.9 Å². The molecule has 0 unspecified atom stereocenters. The van der Waals surface area contributed by atoms with Gasteiger partial charge in [0.15, 0.2) is 5.96 Å². The third-order valence-electron chi connectivity index (χ3n) is 5.17. The van der Waals surface area contributed by atoms with Gasteiger partial charge in [-0.3, -0.25) is 4.90 Å². The van der Waals surface area contributed by atoms with E-state index >= 15 is 0 Å². The molecule has 30 heavy (non-hydrogen) atoms. The zero-order valence-electron chi connectivity index (χ0n) is 16.5. The van der Waals surface area contributed by atoms with Crippen molar-refractivity contribution in [2.75, 3.05) is 44.2 Å². The van der Waals surface area contributed by atoms with Gasteiger partial charge in [-0.2, -0.15) is 4.99 Å². The van der Waals surface area contributed by atoms with Gasteiger partial charge in [-0.15, -0.1) is 0 Å². The van der Waals surface area contributed by atoms with E-state index in [4.69, 9.17) is 28.2 Å². The topological polar surface area (TPSA) is 117 Å². The molecule has 4 rings (SSSR count). The summed E-state index contributed by atoms with van der Waals surface area (Å²) in [5.41, 5.74) is 14.6. The number of aliphatic hydroxyl groups excluding tert-OH is 1. The molecule has 1 aromatic heterocycles. The Balaban J connectivity index is 1.65. The molecule has 0 spiro atoms. The van der Waals surface area contributed by atoms with Crippen molar-refractivity contribution < 1.29 is 5.11 Å². The van der Waals surface area contributed by atoms with Crippen molar-refractivity contribution >= 4 is 40.1 Å². The molecule has 0 amide bonds. The Labute approximate surface area is 179 Å². The summed E-state index contributed by atoms with van der Waals surface area (Å²) in [6, 6.07) is 13.7. The Bertz CT molecular complexity index is 1060. The van der Waals surface area contributed by atoms with Gasteiger partial charge >= 0.3 is 0 Å². The molecule has 8 nitrogen and oxygen atoms in total. The first-order valence-corrected chi connectivity index (χ1v) is 10.2. The summed E-state index contributed by atoms with van der Waals surface area (Å²) in [4.78, 5) is 17.6.